The first-order valence-electron chi connectivity index (χ1n) is 6.91. The van der Waals surface area contributed by atoms with Crippen molar-refractivity contribution in [3.05, 3.63) is 64.7 Å². The number of carbonyl (C=O) groups is 1. The number of hydrogen-bond acceptors (Lipinski definition) is 2. The molecule has 0 saturated heterocycles. The van der Waals surface area contributed by atoms with Gasteiger partial charge in [0.2, 0.25) is 5.91 Å². The molecule has 1 aliphatic rings. The molecule has 0 aromatic heterocycles. The van der Waals surface area contributed by atoms with Crippen molar-refractivity contribution < 1.29 is 9.90 Å². The summed E-state index contributed by atoms with van der Waals surface area (Å²) >= 11 is 5.90. The molecule has 0 aliphatic heterocycles. The standard InChI is InChI=1S/C17H16ClNO2/c18-14-6-4-13(5-7-14)17(8-9-17)16(21)19-15-3-1-2-12(10-15)11-20/h1-7,10,20H,8-9,11H2,(H,19,21). The van der Waals surface area contributed by atoms with E-state index in [4.69, 9.17) is 16.7 Å². The quantitative estimate of drug-likeness (QED) is 0.908. The van der Waals surface area contributed by atoms with Crippen molar-refractivity contribution in [1.82, 2.24) is 0 Å². The van der Waals surface area contributed by atoms with Gasteiger partial charge in [-0.05, 0) is 48.2 Å². The number of aliphatic hydroxyl groups excluding tert-OH is 1. The van der Waals surface area contributed by atoms with E-state index in [9.17, 15) is 4.79 Å². The normalized spacial score (nSPS) is 15.5. The predicted octanol–water partition coefficient (Wildman–Crippen LogP) is 3.50. The van der Waals surface area contributed by atoms with E-state index in [-0.39, 0.29) is 12.5 Å². The van der Waals surface area contributed by atoms with Crippen molar-refractivity contribution >= 4 is 23.2 Å². The van der Waals surface area contributed by atoms with Crippen LogP contribution in [0.1, 0.15) is 24.0 Å². The summed E-state index contributed by atoms with van der Waals surface area (Å²) in [6.07, 6.45) is 1.69. The van der Waals surface area contributed by atoms with Gasteiger partial charge < -0.3 is 10.4 Å². The monoisotopic (exact) mass is 301 g/mol. The Balaban J connectivity index is 1.80. The molecule has 0 spiro atoms. The summed E-state index contributed by atoms with van der Waals surface area (Å²) in [4.78, 5) is 12.6. The van der Waals surface area contributed by atoms with Gasteiger partial charge in [0.1, 0.15) is 0 Å². The van der Waals surface area contributed by atoms with Crippen LogP contribution in [-0.4, -0.2) is 11.0 Å². The molecule has 21 heavy (non-hydrogen) atoms. The maximum absolute atomic E-state index is 12.6. The zero-order valence-corrected chi connectivity index (χ0v) is 12.2. The van der Waals surface area contributed by atoms with Gasteiger partial charge in [-0.2, -0.15) is 0 Å². The average molecular weight is 302 g/mol. The smallest absolute Gasteiger partial charge is 0.235 e. The van der Waals surface area contributed by atoms with Gasteiger partial charge in [0.05, 0.1) is 12.0 Å². The molecule has 108 valence electrons. The number of hydrogen-bond donors (Lipinski definition) is 2. The molecular formula is C17H16ClNO2. The zero-order chi connectivity index (χ0) is 14.9. The van der Waals surface area contributed by atoms with Crippen LogP contribution in [0.2, 0.25) is 5.02 Å². The van der Waals surface area contributed by atoms with Gasteiger partial charge in [0.25, 0.3) is 0 Å². The van der Waals surface area contributed by atoms with E-state index >= 15 is 0 Å². The van der Waals surface area contributed by atoms with Crippen molar-refractivity contribution in [2.45, 2.75) is 24.9 Å². The molecule has 1 amide bonds. The lowest BCUT2D eigenvalue weighted by atomic mass is 9.95. The van der Waals surface area contributed by atoms with Crippen LogP contribution in [0, 0.1) is 0 Å². The number of nitrogens with one attached hydrogen (secondary N) is 1. The lowest BCUT2D eigenvalue weighted by Gasteiger charge is -2.16. The van der Waals surface area contributed by atoms with Crippen molar-refractivity contribution in [3.63, 3.8) is 0 Å². The van der Waals surface area contributed by atoms with Crippen LogP contribution in [0.3, 0.4) is 0 Å². The first-order valence-corrected chi connectivity index (χ1v) is 7.29. The SMILES string of the molecule is O=C(Nc1cccc(CO)c1)C1(c2ccc(Cl)cc2)CC1. The Labute approximate surface area is 128 Å². The third-order valence-electron chi connectivity index (χ3n) is 3.95. The fraction of sp³-hybridized carbons (Fsp3) is 0.235. The Kier molecular flexibility index (Phi) is 3.70. The van der Waals surface area contributed by atoms with Crippen LogP contribution >= 0.6 is 11.6 Å². The molecule has 0 bridgehead atoms. The van der Waals surface area contributed by atoms with E-state index < -0.39 is 5.41 Å². The molecule has 1 saturated carbocycles. The molecule has 1 aliphatic carbocycles. The molecule has 1 fully saturated rings. The fourth-order valence-electron chi connectivity index (χ4n) is 2.54. The fourth-order valence-corrected chi connectivity index (χ4v) is 2.66. The van der Waals surface area contributed by atoms with E-state index in [2.05, 4.69) is 5.32 Å². The zero-order valence-electron chi connectivity index (χ0n) is 11.5. The van der Waals surface area contributed by atoms with Crippen LogP contribution < -0.4 is 5.32 Å². The van der Waals surface area contributed by atoms with Crippen molar-refractivity contribution in [2.24, 2.45) is 0 Å². The minimum Gasteiger partial charge on any atom is -0.392 e. The highest BCUT2D eigenvalue weighted by Crippen LogP contribution is 2.49. The van der Waals surface area contributed by atoms with Gasteiger partial charge in [0.15, 0.2) is 0 Å². The number of rotatable bonds is 4. The highest BCUT2D eigenvalue weighted by atomic mass is 35.5. The molecule has 0 atom stereocenters. The molecule has 0 unspecified atom stereocenters. The Morgan fingerprint density at radius 3 is 2.52 bits per heavy atom. The molecular weight excluding hydrogens is 286 g/mol. The van der Waals surface area contributed by atoms with Gasteiger partial charge in [-0.25, -0.2) is 0 Å². The summed E-state index contributed by atoms with van der Waals surface area (Å²) in [6, 6.07) is 14.7. The van der Waals surface area contributed by atoms with E-state index in [0.29, 0.717) is 10.7 Å². The number of anilines is 1. The molecule has 3 nitrogen and oxygen atoms in total. The maximum Gasteiger partial charge on any atom is 0.235 e. The van der Waals surface area contributed by atoms with Gasteiger partial charge in [-0.1, -0.05) is 35.9 Å². The van der Waals surface area contributed by atoms with E-state index in [1.165, 1.54) is 0 Å². The summed E-state index contributed by atoms with van der Waals surface area (Å²) in [5.41, 5.74) is 2.07. The topological polar surface area (TPSA) is 49.3 Å². The molecule has 4 heteroatoms. The molecule has 3 rings (SSSR count). The highest BCUT2D eigenvalue weighted by Gasteiger charge is 2.51. The second-order valence-corrected chi connectivity index (χ2v) is 5.84. The second kappa shape index (κ2) is 5.51. The Bertz CT molecular complexity index is 663. The Hall–Kier alpha value is -1.84. The van der Waals surface area contributed by atoms with Crippen LogP contribution in [0.4, 0.5) is 5.69 Å². The van der Waals surface area contributed by atoms with Gasteiger partial charge in [0, 0.05) is 10.7 Å². The van der Waals surface area contributed by atoms with Crippen LogP contribution in [0.5, 0.6) is 0 Å². The van der Waals surface area contributed by atoms with E-state index in [0.717, 1.165) is 24.0 Å². The predicted molar refractivity (Wildman–Crippen MR) is 83.4 cm³/mol. The lowest BCUT2D eigenvalue weighted by molar-refractivity contribution is -0.118. The number of carbonyl (C=O) groups excluding carboxylic acids is 1. The average Bonchev–Trinajstić information content (AvgIpc) is 3.30. The van der Waals surface area contributed by atoms with Crippen molar-refractivity contribution in [3.8, 4) is 0 Å². The van der Waals surface area contributed by atoms with Crippen LogP contribution in [0.25, 0.3) is 0 Å². The molecule has 2 aromatic carbocycles. The van der Waals surface area contributed by atoms with Crippen molar-refractivity contribution in [2.75, 3.05) is 5.32 Å². The summed E-state index contributed by atoms with van der Waals surface area (Å²) in [6.45, 7) is -0.0357. The van der Waals surface area contributed by atoms with Gasteiger partial charge in [-0.3, -0.25) is 4.79 Å². The summed E-state index contributed by atoms with van der Waals surface area (Å²) in [5, 5.41) is 12.8. The van der Waals surface area contributed by atoms with Gasteiger partial charge in [-0.15, -0.1) is 0 Å². The summed E-state index contributed by atoms with van der Waals surface area (Å²) in [7, 11) is 0. The summed E-state index contributed by atoms with van der Waals surface area (Å²) in [5.74, 6) is -0.0000813. The molecule has 2 N–H and O–H groups in total. The Morgan fingerprint density at radius 2 is 1.90 bits per heavy atom. The molecule has 2 aromatic rings. The number of aliphatic hydroxyl groups is 1. The first kappa shape index (κ1) is 14.1. The minimum absolute atomic E-state index is 0.0000813. The first-order chi connectivity index (χ1) is 10.1. The minimum atomic E-state index is -0.431. The molecule has 0 heterocycles. The third-order valence-corrected chi connectivity index (χ3v) is 4.20. The number of amides is 1. The molecule has 0 radical (unpaired) electrons. The van der Waals surface area contributed by atoms with Crippen LogP contribution in [-0.2, 0) is 16.8 Å². The maximum atomic E-state index is 12.6. The Morgan fingerprint density at radius 1 is 1.19 bits per heavy atom. The van der Waals surface area contributed by atoms with E-state index in [1.807, 2.05) is 42.5 Å². The second-order valence-electron chi connectivity index (χ2n) is 5.40. The lowest BCUT2D eigenvalue weighted by Crippen LogP contribution is -2.27. The largest absolute Gasteiger partial charge is 0.392 e. The van der Waals surface area contributed by atoms with E-state index in [1.54, 1.807) is 6.07 Å². The van der Waals surface area contributed by atoms with Gasteiger partial charge >= 0.3 is 0 Å². The third kappa shape index (κ3) is 2.80. The number of benzene rings is 2. The van der Waals surface area contributed by atoms with Crippen molar-refractivity contribution in [1.29, 1.82) is 0 Å². The summed E-state index contributed by atoms with van der Waals surface area (Å²) < 4.78 is 0. The highest BCUT2D eigenvalue weighted by molar-refractivity contribution is 6.30. The number of halogens is 1. The van der Waals surface area contributed by atoms with Crippen LogP contribution in [0.15, 0.2) is 48.5 Å².